The monoisotopic (exact) mass is 256 g/mol. The minimum atomic E-state index is -5.01. The van der Waals surface area contributed by atoms with Crippen molar-refractivity contribution in [2.45, 2.75) is 43.5 Å². The number of hydrogen-bond acceptors (Lipinski definition) is 3. The second-order valence-corrected chi connectivity index (χ2v) is 3.24. The molecule has 0 unspecified atom stereocenters. The number of halogens is 6. The predicted octanol–water partition coefficient (Wildman–Crippen LogP) is 0.974. The summed E-state index contributed by atoms with van der Waals surface area (Å²) >= 11 is 0. The van der Waals surface area contributed by atoms with Gasteiger partial charge in [0.05, 0.1) is 6.10 Å². The molecule has 0 spiro atoms. The molecule has 98 valence electrons. The average molecular weight is 256 g/mol. The molecule has 2 atom stereocenters. The molecule has 0 aliphatic heterocycles. The lowest BCUT2D eigenvalue weighted by Gasteiger charge is -2.21. The number of aliphatic hydroxyl groups is 3. The lowest BCUT2D eigenvalue weighted by Crippen LogP contribution is -2.37. The van der Waals surface area contributed by atoms with Crippen molar-refractivity contribution in [1.82, 2.24) is 0 Å². The second kappa shape index (κ2) is 5.19. The van der Waals surface area contributed by atoms with Gasteiger partial charge in [0.15, 0.2) is 12.2 Å². The van der Waals surface area contributed by atoms with Gasteiger partial charge in [0.2, 0.25) is 0 Å². The Hall–Kier alpha value is -0.540. The molecule has 0 radical (unpaired) electrons. The highest BCUT2D eigenvalue weighted by Crippen LogP contribution is 2.27. The third-order valence-corrected chi connectivity index (χ3v) is 1.75. The minimum absolute atomic E-state index is 1.31. The Bertz CT molecular complexity index is 191. The summed E-state index contributed by atoms with van der Waals surface area (Å²) in [4.78, 5) is 0. The van der Waals surface area contributed by atoms with Crippen LogP contribution in [0.1, 0.15) is 12.8 Å². The molecule has 0 aromatic carbocycles. The molecule has 0 saturated heterocycles. The maximum Gasteiger partial charge on any atom is 0.414 e. The van der Waals surface area contributed by atoms with Crippen LogP contribution >= 0.6 is 0 Å². The van der Waals surface area contributed by atoms with Gasteiger partial charge in [-0.25, -0.2) is 0 Å². The van der Waals surface area contributed by atoms with Crippen LogP contribution < -0.4 is 0 Å². The maximum atomic E-state index is 11.7. The van der Waals surface area contributed by atoms with Crippen molar-refractivity contribution in [3.63, 3.8) is 0 Å². The van der Waals surface area contributed by atoms with Crippen LogP contribution in [0.5, 0.6) is 0 Å². The molecule has 0 heterocycles. The Morgan fingerprint density at radius 2 is 0.938 bits per heavy atom. The third-order valence-electron chi connectivity index (χ3n) is 1.75. The SMILES string of the molecule is OC(C[C@@H](O)C(F)(F)F)C[C@@H](O)C(F)(F)F. The lowest BCUT2D eigenvalue weighted by molar-refractivity contribution is -0.223. The van der Waals surface area contributed by atoms with Crippen LogP contribution in [0.15, 0.2) is 0 Å². The largest absolute Gasteiger partial charge is 0.414 e. The molecule has 0 bridgehead atoms. The first-order chi connectivity index (χ1) is 6.94. The summed E-state index contributed by atoms with van der Waals surface area (Å²) in [5.41, 5.74) is 0. The molecule has 0 aliphatic carbocycles. The van der Waals surface area contributed by atoms with Crippen molar-refractivity contribution in [3.8, 4) is 0 Å². The predicted molar refractivity (Wildman–Crippen MR) is 39.4 cm³/mol. The van der Waals surface area contributed by atoms with E-state index < -0.39 is 43.5 Å². The first kappa shape index (κ1) is 15.5. The van der Waals surface area contributed by atoms with E-state index in [9.17, 15) is 26.3 Å². The van der Waals surface area contributed by atoms with Crippen LogP contribution in [0, 0.1) is 0 Å². The highest BCUT2D eigenvalue weighted by molar-refractivity contribution is 4.75. The third kappa shape index (κ3) is 5.52. The van der Waals surface area contributed by atoms with E-state index >= 15 is 0 Å². The molecule has 0 aromatic heterocycles. The van der Waals surface area contributed by atoms with Crippen molar-refractivity contribution in [2.75, 3.05) is 0 Å². The Morgan fingerprint density at radius 3 is 1.12 bits per heavy atom. The summed E-state index contributed by atoms with van der Waals surface area (Å²) in [6, 6.07) is 0. The molecule has 0 aliphatic rings. The quantitative estimate of drug-likeness (QED) is 0.657. The normalized spacial score (nSPS) is 17.6. The van der Waals surface area contributed by atoms with Crippen molar-refractivity contribution in [3.05, 3.63) is 0 Å². The molecule has 0 aromatic rings. The van der Waals surface area contributed by atoms with Crippen LogP contribution in [0.2, 0.25) is 0 Å². The molecule has 3 N–H and O–H groups in total. The average Bonchev–Trinajstić information content (AvgIpc) is 1.99. The molecule has 16 heavy (non-hydrogen) atoms. The first-order valence-electron chi connectivity index (χ1n) is 4.12. The molecule has 0 fully saturated rings. The van der Waals surface area contributed by atoms with Crippen LogP contribution in [-0.2, 0) is 0 Å². The molecule has 9 heteroatoms. The number of hydrogen-bond donors (Lipinski definition) is 3. The van der Waals surface area contributed by atoms with Gasteiger partial charge in [0.1, 0.15) is 0 Å². The van der Waals surface area contributed by atoms with Gasteiger partial charge in [-0.05, 0) is 0 Å². The van der Waals surface area contributed by atoms with E-state index in [2.05, 4.69) is 0 Å². The van der Waals surface area contributed by atoms with Gasteiger partial charge in [0, 0.05) is 12.8 Å². The zero-order valence-electron chi connectivity index (χ0n) is 7.76. The van der Waals surface area contributed by atoms with Gasteiger partial charge in [-0.3, -0.25) is 0 Å². The van der Waals surface area contributed by atoms with E-state index in [-0.39, 0.29) is 0 Å². The van der Waals surface area contributed by atoms with Gasteiger partial charge in [-0.2, -0.15) is 26.3 Å². The highest BCUT2D eigenvalue weighted by atomic mass is 19.4. The van der Waals surface area contributed by atoms with Crippen molar-refractivity contribution < 1.29 is 41.7 Å². The van der Waals surface area contributed by atoms with Gasteiger partial charge < -0.3 is 15.3 Å². The summed E-state index contributed by atoms with van der Waals surface area (Å²) < 4.78 is 70.4. The summed E-state index contributed by atoms with van der Waals surface area (Å²) in [7, 11) is 0. The summed E-state index contributed by atoms with van der Waals surface area (Å²) in [6.07, 6.45) is -20.6. The Labute approximate surface area is 86.3 Å². The Morgan fingerprint density at radius 1 is 0.688 bits per heavy atom. The van der Waals surface area contributed by atoms with Gasteiger partial charge in [-0.15, -0.1) is 0 Å². The number of alkyl halides is 6. The lowest BCUT2D eigenvalue weighted by atomic mass is 10.0. The zero-order valence-corrected chi connectivity index (χ0v) is 7.76. The summed E-state index contributed by atoms with van der Waals surface area (Å²) in [5, 5.41) is 25.6. The molecule has 0 rings (SSSR count). The van der Waals surface area contributed by atoms with Gasteiger partial charge in [0.25, 0.3) is 0 Å². The summed E-state index contributed by atoms with van der Waals surface area (Å²) in [5.74, 6) is 0. The number of aliphatic hydroxyl groups excluding tert-OH is 3. The van der Waals surface area contributed by atoms with Crippen molar-refractivity contribution in [1.29, 1.82) is 0 Å². The van der Waals surface area contributed by atoms with E-state index in [0.717, 1.165) is 0 Å². The Kier molecular flexibility index (Phi) is 5.02. The molecular weight excluding hydrogens is 246 g/mol. The van der Waals surface area contributed by atoms with Crippen molar-refractivity contribution >= 4 is 0 Å². The van der Waals surface area contributed by atoms with Crippen LogP contribution in [-0.4, -0.2) is 46.0 Å². The minimum Gasteiger partial charge on any atom is -0.393 e. The van der Waals surface area contributed by atoms with Crippen LogP contribution in [0.25, 0.3) is 0 Å². The summed E-state index contributed by atoms with van der Waals surface area (Å²) in [6.45, 7) is 0. The van der Waals surface area contributed by atoms with Gasteiger partial charge in [-0.1, -0.05) is 0 Å². The van der Waals surface area contributed by atoms with E-state index in [0.29, 0.717) is 0 Å². The standard InChI is InChI=1S/C7H10F6O3/c8-6(9,10)4(15)1-3(14)2-5(16)7(11,12)13/h3-5,14-16H,1-2H2/t4-,5-/m1/s1. The molecule has 3 nitrogen and oxygen atoms in total. The second-order valence-electron chi connectivity index (χ2n) is 3.24. The smallest absolute Gasteiger partial charge is 0.393 e. The fraction of sp³-hybridized carbons (Fsp3) is 1.00. The van der Waals surface area contributed by atoms with E-state index in [1.807, 2.05) is 0 Å². The Balaban J connectivity index is 4.15. The molecular formula is C7H10F6O3. The molecule has 0 saturated carbocycles. The fourth-order valence-corrected chi connectivity index (χ4v) is 0.879. The number of rotatable bonds is 4. The first-order valence-corrected chi connectivity index (χ1v) is 4.12. The highest BCUT2D eigenvalue weighted by Gasteiger charge is 2.42. The van der Waals surface area contributed by atoms with Crippen LogP contribution in [0.3, 0.4) is 0 Å². The molecule has 0 amide bonds. The topological polar surface area (TPSA) is 60.7 Å². The van der Waals surface area contributed by atoms with E-state index in [4.69, 9.17) is 15.3 Å². The van der Waals surface area contributed by atoms with Gasteiger partial charge >= 0.3 is 12.4 Å². The van der Waals surface area contributed by atoms with E-state index in [1.54, 1.807) is 0 Å². The van der Waals surface area contributed by atoms with Crippen molar-refractivity contribution in [2.24, 2.45) is 0 Å². The zero-order chi connectivity index (χ0) is 13.1. The maximum absolute atomic E-state index is 11.7. The van der Waals surface area contributed by atoms with E-state index in [1.165, 1.54) is 0 Å². The fourth-order valence-electron chi connectivity index (χ4n) is 0.879. The van der Waals surface area contributed by atoms with Crippen LogP contribution in [0.4, 0.5) is 26.3 Å².